The average molecular weight is 294 g/mol. The molecular weight excluding hydrogens is 272 g/mol. The van der Waals surface area contributed by atoms with E-state index in [1.165, 1.54) is 6.92 Å². The molecule has 0 radical (unpaired) electrons. The number of nitrogens with zero attached hydrogens (tertiary/aromatic N) is 2. The largest absolute Gasteiger partial charge is 0.353 e. The van der Waals surface area contributed by atoms with Crippen LogP contribution in [0.5, 0.6) is 0 Å². The lowest BCUT2D eigenvalue weighted by Crippen LogP contribution is -2.26. The number of nitriles is 2. The predicted molar refractivity (Wildman–Crippen MR) is 74.8 cm³/mol. The summed E-state index contributed by atoms with van der Waals surface area (Å²) in [6, 6.07) is 3.70. The average Bonchev–Trinajstić information content (AvgIpc) is 2.52. The summed E-state index contributed by atoms with van der Waals surface area (Å²) in [5, 5.41) is 16.5. The highest BCUT2D eigenvalue weighted by atomic mass is 16.7. The molecule has 116 valence electrons. The van der Waals surface area contributed by atoms with Crippen molar-refractivity contribution in [2.45, 2.75) is 46.3 Å². The van der Waals surface area contributed by atoms with Gasteiger partial charge in [-0.1, -0.05) is 0 Å². The molecule has 6 nitrogen and oxygen atoms in total. The van der Waals surface area contributed by atoms with Crippen LogP contribution in [0.1, 0.15) is 40.0 Å². The van der Waals surface area contributed by atoms with Crippen molar-refractivity contribution in [1.82, 2.24) is 0 Å². The van der Waals surface area contributed by atoms with Crippen molar-refractivity contribution in [1.29, 1.82) is 10.5 Å². The predicted octanol–water partition coefficient (Wildman–Crippen LogP) is 1.99. The normalized spacial score (nSPS) is 20.0. The topological polar surface area (TPSA) is 100 Å². The van der Waals surface area contributed by atoms with Gasteiger partial charge in [0, 0.05) is 6.61 Å². The Bertz CT molecular complexity index is 416. The molecule has 3 atom stereocenters. The van der Waals surface area contributed by atoms with E-state index in [9.17, 15) is 9.59 Å². The zero-order chi connectivity index (χ0) is 16.3. The minimum Gasteiger partial charge on any atom is -0.353 e. The van der Waals surface area contributed by atoms with Crippen LogP contribution in [0.25, 0.3) is 0 Å². The number of ether oxygens (including phenoxy) is 2. The van der Waals surface area contributed by atoms with Crippen LogP contribution in [-0.4, -0.2) is 31.1 Å². The lowest BCUT2D eigenvalue weighted by molar-refractivity contribution is -0.169. The summed E-state index contributed by atoms with van der Waals surface area (Å²) in [5.41, 5.74) is 0. The van der Waals surface area contributed by atoms with E-state index in [1.54, 1.807) is 13.8 Å². The van der Waals surface area contributed by atoms with E-state index in [-0.39, 0.29) is 24.5 Å². The highest BCUT2D eigenvalue weighted by molar-refractivity contribution is 5.84. The first-order valence-electron chi connectivity index (χ1n) is 6.98. The summed E-state index contributed by atoms with van der Waals surface area (Å²) in [6.07, 6.45) is 2.72. The number of Topliss-reactive ketones (excluding diaryl/α,β-unsaturated/α-hetero) is 2. The van der Waals surface area contributed by atoms with E-state index in [0.29, 0.717) is 6.61 Å². The Kier molecular flexibility index (Phi) is 10.0. The first-order chi connectivity index (χ1) is 9.92. The highest BCUT2D eigenvalue weighted by Crippen LogP contribution is 2.13. The molecule has 0 bridgehead atoms. The van der Waals surface area contributed by atoms with Crippen molar-refractivity contribution >= 4 is 11.6 Å². The number of hydrogen-bond donors (Lipinski definition) is 0. The van der Waals surface area contributed by atoms with Crippen LogP contribution < -0.4 is 0 Å². The fourth-order valence-corrected chi connectivity index (χ4v) is 1.31. The summed E-state index contributed by atoms with van der Waals surface area (Å²) < 4.78 is 10.5. The second-order valence-electron chi connectivity index (χ2n) is 4.89. The summed E-state index contributed by atoms with van der Waals surface area (Å²) >= 11 is 0. The Morgan fingerprint density at radius 2 is 1.86 bits per heavy atom. The lowest BCUT2D eigenvalue weighted by atomic mass is 10.1. The smallest absolute Gasteiger partial charge is 0.175 e. The van der Waals surface area contributed by atoms with E-state index >= 15 is 0 Å². The van der Waals surface area contributed by atoms with Gasteiger partial charge in [0.25, 0.3) is 0 Å². The van der Waals surface area contributed by atoms with Gasteiger partial charge in [-0.15, -0.1) is 0 Å². The molecule has 0 aromatic carbocycles. The van der Waals surface area contributed by atoms with Gasteiger partial charge in [0.15, 0.2) is 12.1 Å². The first kappa shape index (κ1) is 19.2. The fourth-order valence-electron chi connectivity index (χ4n) is 1.31. The molecule has 21 heavy (non-hydrogen) atoms. The van der Waals surface area contributed by atoms with E-state index in [0.717, 1.165) is 19.3 Å². The third-order valence-corrected chi connectivity index (χ3v) is 3.03. The van der Waals surface area contributed by atoms with E-state index < -0.39 is 11.8 Å². The van der Waals surface area contributed by atoms with Crippen LogP contribution in [0.2, 0.25) is 0 Å². The maximum Gasteiger partial charge on any atom is 0.175 e. The van der Waals surface area contributed by atoms with Crippen LogP contribution >= 0.6 is 0 Å². The Balaban J connectivity index is 0.000000486. The molecule has 3 unspecified atom stereocenters. The maximum atomic E-state index is 11.2. The fraction of sp³-hybridized carbons (Fsp3) is 0.733. The highest BCUT2D eigenvalue weighted by Gasteiger charge is 2.18. The zero-order valence-electron chi connectivity index (χ0n) is 12.8. The monoisotopic (exact) mass is 294 g/mol. The van der Waals surface area contributed by atoms with Crippen LogP contribution in [0.15, 0.2) is 0 Å². The summed E-state index contributed by atoms with van der Waals surface area (Å²) in [7, 11) is 0. The molecule has 1 heterocycles. The number of hydrogen-bond acceptors (Lipinski definition) is 6. The molecule has 0 saturated carbocycles. The van der Waals surface area contributed by atoms with Crippen molar-refractivity contribution < 1.29 is 19.1 Å². The molecule has 0 aromatic heterocycles. The van der Waals surface area contributed by atoms with Crippen LogP contribution in [0.4, 0.5) is 0 Å². The van der Waals surface area contributed by atoms with Gasteiger partial charge in [-0.2, -0.15) is 10.5 Å². The lowest BCUT2D eigenvalue weighted by Gasteiger charge is -2.22. The Hall–Kier alpha value is -1.76. The van der Waals surface area contributed by atoms with Gasteiger partial charge in [0.2, 0.25) is 0 Å². The second-order valence-corrected chi connectivity index (χ2v) is 4.89. The van der Waals surface area contributed by atoms with Gasteiger partial charge in [-0.3, -0.25) is 9.59 Å². The zero-order valence-corrected chi connectivity index (χ0v) is 12.8. The SMILES string of the molecule is CC(=O)C(C)C#N.CC(C#N)C(=O)COC1CCCCO1. The van der Waals surface area contributed by atoms with Crippen LogP contribution in [0.3, 0.4) is 0 Å². The van der Waals surface area contributed by atoms with Crippen molar-refractivity contribution in [3.63, 3.8) is 0 Å². The molecule has 0 N–H and O–H groups in total. The molecule has 1 rings (SSSR count). The van der Waals surface area contributed by atoms with Gasteiger partial charge in [0.1, 0.15) is 24.2 Å². The molecular formula is C15H22N2O4. The molecule has 0 amide bonds. The van der Waals surface area contributed by atoms with Crippen molar-refractivity contribution in [2.24, 2.45) is 11.8 Å². The Labute approximate surface area is 125 Å². The molecule has 0 aromatic rings. The second kappa shape index (κ2) is 11.0. The molecule has 1 saturated heterocycles. The van der Waals surface area contributed by atoms with Gasteiger partial charge in [-0.05, 0) is 40.0 Å². The third-order valence-electron chi connectivity index (χ3n) is 3.03. The molecule has 6 heteroatoms. The van der Waals surface area contributed by atoms with Gasteiger partial charge >= 0.3 is 0 Å². The van der Waals surface area contributed by atoms with Gasteiger partial charge in [0.05, 0.1) is 12.1 Å². The minimum atomic E-state index is -0.585. The molecule has 1 aliphatic heterocycles. The standard InChI is InChI=1S/C10H15NO3.C5H7NO/c1-8(6-11)9(12)7-14-10-4-2-3-5-13-10;1-4(3-6)5(2)7/h8,10H,2-5,7H2,1H3;4H,1-2H3. The molecule has 0 spiro atoms. The minimum absolute atomic E-state index is 0.0145. The third kappa shape index (κ3) is 8.91. The van der Waals surface area contributed by atoms with Crippen molar-refractivity contribution in [2.75, 3.05) is 13.2 Å². The van der Waals surface area contributed by atoms with E-state index in [2.05, 4.69) is 0 Å². The van der Waals surface area contributed by atoms with Crippen LogP contribution in [0, 0.1) is 34.5 Å². The van der Waals surface area contributed by atoms with E-state index in [1.807, 2.05) is 12.1 Å². The summed E-state index contributed by atoms with van der Waals surface area (Å²) in [4.78, 5) is 21.4. The van der Waals surface area contributed by atoms with Gasteiger partial charge in [-0.25, -0.2) is 0 Å². The van der Waals surface area contributed by atoms with Crippen molar-refractivity contribution in [3.8, 4) is 12.1 Å². The number of ketones is 2. The summed E-state index contributed by atoms with van der Waals surface area (Å²) in [6.45, 7) is 5.26. The summed E-state index contributed by atoms with van der Waals surface area (Å²) in [5.74, 6) is -1.26. The molecule has 1 aliphatic rings. The van der Waals surface area contributed by atoms with Crippen molar-refractivity contribution in [3.05, 3.63) is 0 Å². The number of rotatable bonds is 5. The maximum absolute atomic E-state index is 11.2. The molecule has 0 aliphatic carbocycles. The number of carbonyl (C=O) groups is 2. The van der Waals surface area contributed by atoms with Crippen LogP contribution in [-0.2, 0) is 19.1 Å². The number of carbonyl (C=O) groups excluding carboxylic acids is 2. The molecule has 1 fully saturated rings. The van der Waals surface area contributed by atoms with Gasteiger partial charge < -0.3 is 9.47 Å². The quantitative estimate of drug-likeness (QED) is 0.768. The first-order valence-corrected chi connectivity index (χ1v) is 6.98. The Morgan fingerprint density at radius 3 is 2.24 bits per heavy atom. The Morgan fingerprint density at radius 1 is 1.24 bits per heavy atom. The van der Waals surface area contributed by atoms with E-state index in [4.69, 9.17) is 20.0 Å².